The summed E-state index contributed by atoms with van der Waals surface area (Å²) in [5.74, 6) is 0. The van der Waals surface area contributed by atoms with Gasteiger partial charge >= 0.3 is 0 Å². The van der Waals surface area contributed by atoms with Crippen LogP contribution in [0.15, 0.2) is 36.9 Å². The minimum Gasteiger partial charge on any atom is -0.381 e. The van der Waals surface area contributed by atoms with E-state index in [0.717, 1.165) is 19.6 Å². The molecule has 2 heterocycles. The van der Waals surface area contributed by atoms with Crippen molar-refractivity contribution in [3.05, 3.63) is 42.5 Å². The molecule has 1 saturated heterocycles. The van der Waals surface area contributed by atoms with E-state index in [2.05, 4.69) is 45.0 Å². The molecule has 0 radical (unpaired) electrons. The minimum absolute atomic E-state index is 0.548. The van der Waals surface area contributed by atoms with Gasteiger partial charge in [-0.25, -0.2) is 9.67 Å². The molecule has 0 saturated carbocycles. The highest BCUT2D eigenvalue weighted by Gasteiger charge is 2.13. The molecular weight excluding hydrogens is 226 g/mol. The highest BCUT2D eigenvalue weighted by Crippen LogP contribution is 2.14. The maximum Gasteiger partial charge on any atom is 0.137 e. The van der Waals surface area contributed by atoms with Gasteiger partial charge in [-0.05, 0) is 30.7 Å². The average molecular weight is 243 g/mol. The predicted octanol–water partition coefficient (Wildman–Crippen LogP) is 1.10. The largest absolute Gasteiger partial charge is 0.381 e. The highest BCUT2D eigenvalue weighted by molar-refractivity contribution is 5.46. The van der Waals surface area contributed by atoms with Crippen LogP contribution in [0.5, 0.6) is 0 Å². The molecule has 0 aliphatic carbocycles. The van der Waals surface area contributed by atoms with Gasteiger partial charge in [0.05, 0.1) is 6.54 Å². The predicted molar refractivity (Wildman–Crippen MR) is 70.5 cm³/mol. The van der Waals surface area contributed by atoms with E-state index in [1.807, 2.05) is 4.68 Å². The van der Waals surface area contributed by atoms with Crippen molar-refractivity contribution in [2.75, 3.05) is 18.4 Å². The van der Waals surface area contributed by atoms with Gasteiger partial charge in [-0.15, -0.1) is 0 Å². The number of anilines is 1. The Bertz CT molecular complexity index is 488. The van der Waals surface area contributed by atoms with Crippen molar-refractivity contribution in [2.24, 2.45) is 0 Å². The number of hydrogen-bond donors (Lipinski definition) is 2. The lowest BCUT2D eigenvalue weighted by Gasteiger charge is -2.13. The second kappa shape index (κ2) is 5.18. The Morgan fingerprint density at radius 1 is 1.44 bits per heavy atom. The van der Waals surface area contributed by atoms with E-state index in [9.17, 15) is 0 Å². The molecule has 1 aliphatic rings. The number of hydrogen-bond acceptors (Lipinski definition) is 4. The highest BCUT2D eigenvalue weighted by atomic mass is 15.3. The summed E-state index contributed by atoms with van der Waals surface area (Å²) in [6.45, 7) is 2.92. The number of nitrogens with one attached hydrogen (secondary N) is 2. The van der Waals surface area contributed by atoms with Crippen molar-refractivity contribution in [2.45, 2.75) is 19.0 Å². The average Bonchev–Trinajstić information content (AvgIpc) is 3.03. The zero-order valence-corrected chi connectivity index (χ0v) is 10.2. The lowest BCUT2D eigenvalue weighted by Crippen LogP contribution is -2.22. The monoisotopic (exact) mass is 243 g/mol. The van der Waals surface area contributed by atoms with Gasteiger partial charge in [-0.2, -0.15) is 5.10 Å². The van der Waals surface area contributed by atoms with Crippen LogP contribution in [0, 0.1) is 0 Å². The first-order chi connectivity index (χ1) is 8.90. The van der Waals surface area contributed by atoms with E-state index in [4.69, 9.17) is 0 Å². The number of nitrogens with zero attached hydrogens (tertiary/aromatic N) is 3. The topological polar surface area (TPSA) is 54.8 Å². The number of rotatable bonds is 4. The molecule has 2 aromatic rings. The second-order valence-electron chi connectivity index (χ2n) is 4.63. The van der Waals surface area contributed by atoms with Crippen LogP contribution in [0.2, 0.25) is 0 Å². The van der Waals surface area contributed by atoms with Crippen molar-refractivity contribution in [1.29, 1.82) is 0 Å². The van der Waals surface area contributed by atoms with Crippen LogP contribution in [0.1, 0.15) is 12.0 Å². The first-order valence-electron chi connectivity index (χ1n) is 6.29. The van der Waals surface area contributed by atoms with Crippen molar-refractivity contribution in [3.8, 4) is 0 Å². The summed E-state index contributed by atoms with van der Waals surface area (Å²) in [6, 6.07) is 9.03. The Labute approximate surface area is 106 Å². The van der Waals surface area contributed by atoms with Gasteiger partial charge in [-0.1, -0.05) is 12.1 Å². The molecule has 1 aromatic carbocycles. The normalized spacial score (nSPS) is 19.0. The fourth-order valence-electron chi connectivity index (χ4n) is 2.27. The van der Waals surface area contributed by atoms with Gasteiger partial charge in [0, 0.05) is 18.3 Å². The third-order valence-electron chi connectivity index (χ3n) is 3.17. The van der Waals surface area contributed by atoms with E-state index in [1.54, 1.807) is 12.7 Å². The molecular formula is C13H17N5. The Hall–Kier alpha value is -1.88. The molecule has 5 nitrogen and oxygen atoms in total. The Morgan fingerprint density at radius 3 is 3.22 bits per heavy atom. The Kier molecular flexibility index (Phi) is 3.23. The van der Waals surface area contributed by atoms with Crippen molar-refractivity contribution in [3.63, 3.8) is 0 Å². The van der Waals surface area contributed by atoms with E-state index >= 15 is 0 Å². The van der Waals surface area contributed by atoms with Crippen molar-refractivity contribution >= 4 is 5.69 Å². The maximum absolute atomic E-state index is 4.12. The molecule has 0 amide bonds. The summed E-state index contributed by atoms with van der Waals surface area (Å²) in [6.07, 6.45) is 4.49. The number of benzene rings is 1. The third kappa shape index (κ3) is 2.68. The van der Waals surface area contributed by atoms with Crippen LogP contribution in [-0.4, -0.2) is 33.9 Å². The molecule has 18 heavy (non-hydrogen) atoms. The molecule has 1 aromatic heterocycles. The van der Waals surface area contributed by atoms with Crippen LogP contribution in [0.3, 0.4) is 0 Å². The molecule has 94 valence electrons. The molecule has 1 fully saturated rings. The molecule has 1 atom stereocenters. The van der Waals surface area contributed by atoms with Crippen molar-refractivity contribution < 1.29 is 0 Å². The van der Waals surface area contributed by atoms with E-state index < -0.39 is 0 Å². The molecule has 0 bridgehead atoms. The van der Waals surface area contributed by atoms with Gasteiger partial charge in [0.25, 0.3) is 0 Å². The van der Waals surface area contributed by atoms with Crippen molar-refractivity contribution in [1.82, 2.24) is 20.1 Å². The summed E-state index contributed by atoms with van der Waals surface area (Å²) in [5, 5.41) is 11.0. The maximum atomic E-state index is 4.12. The van der Waals surface area contributed by atoms with Gasteiger partial charge in [0.1, 0.15) is 12.7 Å². The lowest BCUT2D eigenvalue weighted by atomic mass is 10.1. The summed E-state index contributed by atoms with van der Waals surface area (Å²) in [4.78, 5) is 3.95. The second-order valence-corrected chi connectivity index (χ2v) is 4.63. The fraction of sp³-hybridized carbons (Fsp3) is 0.385. The standard InChI is InChI=1S/C13H17N5/c1-2-11(8-18-10-15-9-16-18)6-12(3-1)17-13-4-5-14-7-13/h1-3,6,9-10,13-14,17H,4-5,7-8H2. The lowest BCUT2D eigenvalue weighted by molar-refractivity contribution is 0.684. The molecule has 5 heteroatoms. The summed E-state index contributed by atoms with van der Waals surface area (Å²) < 4.78 is 1.83. The zero-order valence-electron chi connectivity index (χ0n) is 10.2. The van der Waals surface area contributed by atoms with Gasteiger partial charge in [0.15, 0.2) is 0 Å². The summed E-state index contributed by atoms with van der Waals surface area (Å²) >= 11 is 0. The van der Waals surface area contributed by atoms with E-state index in [-0.39, 0.29) is 0 Å². The van der Waals surface area contributed by atoms with Gasteiger partial charge < -0.3 is 10.6 Å². The number of aromatic nitrogens is 3. The van der Waals surface area contributed by atoms with Gasteiger partial charge in [0.2, 0.25) is 0 Å². The zero-order chi connectivity index (χ0) is 12.2. The Morgan fingerprint density at radius 2 is 2.44 bits per heavy atom. The first-order valence-corrected chi connectivity index (χ1v) is 6.29. The molecule has 0 spiro atoms. The molecule has 2 N–H and O–H groups in total. The minimum atomic E-state index is 0.548. The van der Waals surface area contributed by atoms with Crippen LogP contribution >= 0.6 is 0 Å². The summed E-state index contributed by atoms with van der Waals surface area (Å²) in [5.41, 5.74) is 2.41. The first kappa shape index (κ1) is 11.2. The third-order valence-corrected chi connectivity index (χ3v) is 3.17. The van der Waals surface area contributed by atoms with Crippen LogP contribution in [0.25, 0.3) is 0 Å². The smallest absolute Gasteiger partial charge is 0.137 e. The van der Waals surface area contributed by atoms with E-state index in [0.29, 0.717) is 6.04 Å². The quantitative estimate of drug-likeness (QED) is 0.844. The van der Waals surface area contributed by atoms with Gasteiger partial charge in [-0.3, -0.25) is 0 Å². The molecule has 3 rings (SSSR count). The Balaban J connectivity index is 1.68. The molecule has 1 aliphatic heterocycles. The van der Waals surface area contributed by atoms with E-state index in [1.165, 1.54) is 17.7 Å². The SMILES string of the molecule is c1cc(Cn2cncn2)cc(NC2CCNC2)c1. The molecule has 1 unspecified atom stereocenters. The summed E-state index contributed by atoms with van der Waals surface area (Å²) in [7, 11) is 0. The fourth-order valence-corrected chi connectivity index (χ4v) is 2.27. The van der Waals surface area contributed by atoms with Crippen LogP contribution in [0.4, 0.5) is 5.69 Å². The van der Waals surface area contributed by atoms with Crippen LogP contribution in [-0.2, 0) is 6.54 Å². The van der Waals surface area contributed by atoms with Crippen LogP contribution < -0.4 is 10.6 Å².